The van der Waals surface area contributed by atoms with Crippen molar-refractivity contribution >= 4 is 5.91 Å². The Labute approximate surface area is 115 Å². The lowest BCUT2D eigenvalue weighted by molar-refractivity contribution is -0.122. The van der Waals surface area contributed by atoms with Gasteiger partial charge in [-0.05, 0) is 25.7 Å². The zero-order valence-corrected chi connectivity index (χ0v) is 11.6. The number of hydrogen-bond acceptors (Lipinski definition) is 3. The second-order valence-corrected chi connectivity index (χ2v) is 5.58. The first-order valence-electron chi connectivity index (χ1n) is 7.28. The van der Waals surface area contributed by atoms with Gasteiger partial charge in [0.15, 0.2) is 0 Å². The van der Waals surface area contributed by atoms with E-state index in [4.69, 9.17) is 0 Å². The van der Waals surface area contributed by atoms with Gasteiger partial charge in [-0.1, -0.05) is 19.3 Å². The lowest BCUT2D eigenvalue weighted by Gasteiger charge is -2.22. The minimum Gasteiger partial charge on any atom is -0.353 e. The molecule has 0 unspecified atom stereocenters. The van der Waals surface area contributed by atoms with Crippen LogP contribution in [0.1, 0.15) is 51.1 Å². The van der Waals surface area contributed by atoms with Crippen molar-refractivity contribution in [1.82, 2.24) is 15.3 Å². The molecule has 1 N–H and O–H groups in total. The highest BCUT2D eigenvalue weighted by molar-refractivity contribution is 5.76. The van der Waals surface area contributed by atoms with E-state index in [0.29, 0.717) is 12.3 Å². The molecule has 2 rings (SSSR count). The zero-order chi connectivity index (χ0) is 13.5. The van der Waals surface area contributed by atoms with Crippen molar-refractivity contribution < 1.29 is 4.79 Å². The van der Waals surface area contributed by atoms with E-state index < -0.39 is 0 Å². The zero-order valence-electron chi connectivity index (χ0n) is 11.6. The summed E-state index contributed by atoms with van der Waals surface area (Å²) in [5.74, 6) is 0.778. The van der Waals surface area contributed by atoms with E-state index in [1.807, 2.05) is 6.92 Å². The number of hydrogen-bond donors (Lipinski definition) is 1. The highest BCUT2D eigenvalue weighted by atomic mass is 16.1. The summed E-state index contributed by atoms with van der Waals surface area (Å²) in [7, 11) is 0. The first-order valence-corrected chi connectivity index (χ1v) is 7.28. The number of carbonyl (C=O) groups is 1. The summed E-state index contributed by atoms with van der Waals surface area (Å²) < 4.78 is 0. The van der Waals surface area contributed by atoms with E-state index in [0.717, 1.165) is 12.1 Å². The highest BCUT2D eigenvalue weighted by Gasteiger charge is 2.18. The van der Waals surface area contributed by atoms with Crippen molar-refractivity contribution in [1.29, 1.82) is 0 Å². The lowest BCUT2D eigenvalue weighted by Crippen LogP contribution is -2.35. The monoisotopic (exact) mass is 261 g/mol. The molecule has 1 atom stereocenters. The molecule has 1 aromatic heterocycles. The van der Waals surface area contributed by atoms with Gasteiger partial charge in [0.1, 0.15) is 0 Å². The Morgan fingerprint density at radius 2 is 2.16 bits per heavy atom. The van der Waals surface area contributed by atoms with Gasteiger partial charge in [-0.2, -0.15) is 0 Å². The van der Waals surface area contributed by atoms with Gasteiger partial charge in [-0.15, -0.1) is 0 Å². The van der Waals surface area contributed by atoms with Crippen molar-refractivity contribution in [3.63, 3.8) is 0 Å². The molecule has 1 saturated carbocycles. The van der Waals surface area contributed by atoms with Crippen LogP contribution in [0.25, 0.3) is 0 Å². The van der Waals surface area contributed by atoms with Gasteiger partial charge in [-0.3, -0.25) is 14.8 Å². The number of aromatic nitrogens is 2. The van der Waals surface area contributed by atoms with Crippen LogP contribution >= 0.6 is 0 Å². The summed E-state index contributed by atoms with van der Waals surface area (Å²) in [4.78, 5) is 20.2. The number of carbonyl (C=O) groups excluding carboxylic acids is 1. The minimum absolute atomic E-state index is 0.118. The molecule has 0 radical (unpaired) electrons. The maximum atomic E-state index is 12.0. The minimum atomic E-state index is 0.118. The van der Waals surface area contributed by atoms with Gasteiger partial charge < -0.3 is 5.32 Å². The Kier molecular flexibility index (Phi) is 5.31. The first-order chi connectivity index (χ1) is 9.24. The lowest BCUT2D eigenvalue weighted by atomic mass is 9.87. The van der Waals surface area contributed by atoms with Crippen molar-refractivity contribution in [2.45, 2.75) is 57.9 Å². The molecule has 0 bridgehead atoms. The van der Waals surface area contributed by atoms with Gasteiger partial charge in [-0.25, -0.2) is 0 Å². The third-order valence-electron chi connectivity index (χ3n) is 3.74. The van der Waals surface area contributed by atoms with E-state index in [1.54, 1.807) is 18.6 Å². The van der Waals surface area contributed by atoms with E-state index in [-0.39, 0.29) is 11.9 Å². The molecule has 0 saturated heterocycles. The molecule has 104 valence electrons. The molecule has 0 aromatic carbocycles. The summed E-state index contributed by atoms with van der Waals surface area (Å²) >= 11 is 0. The molecule has 4 heteroatoms. The Morgan fingerprint density at radius 3 is 2.84 bits per heavy atom. The van der Waals surface area contributed by atoms with Crippen LogP contribution in [0.2, 0.25) is 0 Å². The van der Waals surface area contributed by atoms with Crippen LogP contribution in [0, 0.1) is 5.92 Å². The summed E-state index contributed by atoms with van der Waals surface area (Å²) in [6, 6.07) is 0.118. The molecule has 1 aliphatic rings. The van der Waals surface area contributed by atoms with Crippen LogP contribution in [0.4, 0.5) is 0 Å². The SMILES string of the molecule is C[C@H](Cc1cnccn1)NC(=O)CC1CCCCC1. The quantitative estimate of drug-likeness (QED) is 0.886. The van der Waals surface area contributed by atoms with Crippen LogP contribution in [-0.2, 0) is 11.2 Å². The molecule has 1 amide bonds. The third kappa shape index (κ3) is 4.97. The van der Waals surface area contributed by atoms with Crippen molar-refractivity contribution in [2.24, 2.45) is 5.92 Å². The van der Waals surface area contributed by atoms with Gasteiger partial charge in [0.25, 0.3) is 0 Å². The Balaban J connectivity index is 1.72. The molecule has 19 heavy (non-hydrogen) atoms. The largest absolute Gasteiger partial charge is 0.353 e. The number of nitrogens with zero attached hydrogens (tertiary/aromatic N) is 2. The summed E-state index contributed by atoms with van der Waals surface area (Å²) in [5, 5.41) is 3.07. The van der Waals surface area contributed by atoms with Gasteiger partial charge in [0.05, 0.1) is 5.69 Å². The van der Waals surface area contributed by atoms with Crippen molar-refractivity contribution in [2.75, 3.05) is 0 Å². The number of rotatable bonds is 5. The van der Waals surface area contributed by atoms with Crippen molar-refractivity contribution in [3.05, 3.63) is 24.3 Å². The topological polar surface area (TPSA) is 54.9 Å². The molecular weight excluding hydrogens is 238 g/mol. The third-order valence-corrected chi connectivity index (χ3v) is 3.74. The molecule has 0 aliphatic heterocycles. The van der Waals surface area contributed by atoms with Gasteiger partial charge in [0.2, 0.25) is 5.91 Å². The Bertz CT molecular complexity index is 388. The van der Waals surface area contributed by atoms with E-state index >= 15 is 0 Å². The molecule has 0 spiro atoms. The van der Waals surface area contributed by atoms with Gasteiger partial charge >= 0.3 is 0 Å². The average molecular weight is 261 g/mol. The van der Waals surface area contributed by atoms with Crippen LogP contribution < -0.4 is 5.32 Å². The number of nitrogens with one attached hydrogen (secondary N) is 1. The molecule has 4 nitrogen and oxygen atoms in total. The van der Waals surface area contributed by atoms with Crippen molar-refractivity contribution in [3.8, 4) is 0 Å². The van der Waals surface area contributed by atoms with Crippen LogP contribution in [0.5, 0.6) is 0 Å². The second-order valence-electron chi connectivity index (χ2n) is 5.58. The fourth-order valence-corrected chi connectivity index (χ4v) is 2.79. The normalized spacial score (nSPS) is 17.9. The first kappa shape index (κ1) is 14.0. The predicted octanol–water partition coefficient (Wildman–Crippen LogP) is 2.49. The maximum Gasteiger partial charge on any atom is 0.220 e. The maximum absolute atomic E-state index is 12.0. The molecule has 1 aromatic rings. The molecule has 1 fully saturated rings. The highest BCUT2D eigenvalue weighted by Crippen LogP contribution is 2.26. The summed E-state index contributed by atoms with van der Waals surface area (Å²) in [5.41, 5.74) is 0.924. The molecular formula is C15H23N3O. The molecule has 1 heterocycles. The summed E-state index contributed by atoms with van der Waals surface area (Å²) in [6.07, 6.45) is 12.9. The smallest absolute Gasteiger partial charge is 0.220 e. The van der Waals surface area contributed by atoms with Crippen LogP contribution in [0.3, 0.4) is 0 Å². The summed E-state index contributed by atoms with van der Waals surface area (Å²) in [6.45, 7) is 2.02. The number of amides is 1. The Hall–Kier alpha value is -1.45. The fourth-order valence-electron chi connectivity index (χ4n) is 2.79. The van der Waals surface area contributed by atoms with Crippen LogP contribution in [-0.4, -0.2) is 21.9 Å². The fraction of sp³-hybridized carbons (Fsp3) is 0.667. The molecule has 1 aliphatic carbocycles. The standard InChI is InChI=1S/C15H23N3O/c1-12(9-14-11-16-7-8-17-14)18-15(19)10-13-5-3-2-4-6-13/h7-8,11-13H,2-6,9-10H2,1H3,(H,18,19)/t12-/m1/s1. The average Bonchev–Trinajstić information content (AvgIpc) is 2.40. The second kappa shape index (κ2) is 7.22. The Morgan fingerprint density at radius 1 is 1.37 bits per heavy atom. The van der Waals surface area contributed by atoms with Gasteiger partial charge in [0, 0.05) is 37.5 Å². The predicted molar refractivity (Wildman–Crippen MR) is 74.5 cm³/mol. The van der Waals surface area contributed by atoms with Crippen LogP contribution in [0.15, 0.2) is 18.6 Å². The van der Waals surface area contributed by atoms with E-state index in [2.05, 4.69) is 15.3 Å². The van der Waals surface area contributed by atoms with E-state index in [9.17, 15) is 4.79 Å². The van der Waals surface area contributed by atoms with E-state index in [1.165, 1.54) is 32.1 Å².